The van der Waals surface area contributed by atoms with Gasteiger partial charge >= 0.3 is 6.03 Å². The van der Waals surface area contributed by atoms with Gasteiger partial charge in [0, 0.05) is 17.4 Å². The first-order chi connectivity index (χ1) is 14.0. The number of amides is 3. The molecule has 3 rings (SSSR count). The van der Waals surface area contributed by atoms with Crippen LogP contribution in [0.1, 0.15) is 29.5 Å². The number of hydrogen-bond acceptors (Lipinski definition) is 4. The molecule has 0 fully saturated rings. The summed E-state index contributed by atoms with van der Waals surface area (Å²) < 4.78 is 5.05. The van der Waals surface area contributed by atoms with Gasteiger partial charge in [-0.15, -0.1) is 0 Å². The lowest BCUT2D eigenvalue weighted by atomic mass is 10.1. The third kappa shape index (κ3) is 6.14. The predicted molar refractivity (Wildman–Crippen MR) is 111 cm³/mol. The molecule has 3 aromatic rings. The molecule has 150 valence electrons. The van der Waals surface area contributed by atoms with Gasteiger partial charge in [-0.3, -0.25) is 4.79 Å². The van der Waals surface area contributed by atoms with Crippen molar-refractivity contribution < 1.29 is 19.1 Å². The van der Waals surface area contributed by atoms with Crippen LogP contribution in [0.2, 0.25) is 0 Å². The number of phenolic OH excluding ortho intramolecular Hbond substituents is 1. The van der Waals surface area contributed by atoms with Crippen molar-refractivity contribution in [2.75, 3.05) is 10.6 Å². The molecule has 3 amide bonds. The molecule has 0 saturated carbocycles. The average molecular weight is 393 g/mol. The lowest BCUT2D eigenvalue weighted by molar-refractivity contribution is 0.0996. The molecule has 7 heteroatoms. The van der Waals surface area contributed by atoms with Gasteiger partial charge in [0.15, 0.2) is 5.76 Å². The van der Waals surface area contributed by atoms with Gasteiger partial charge in [0.05, 0.1) is 6.26 Å². The molecule has 1 heterocycles. The van der Waals surface area contributed by atoms with Crippen LogP contribution in [0.15, 0.2) is 71.3 Å². The Kier molecular flexibility index (Phi) is 6.52. The van der Waals surface area contributed by atoms with Crippen LogP contribution in [0.5, 0.6) is 5.75 Å². The van der Waals surface area contributed by atoms with E-state index in [2.05, 4.69) is 16.0 Å². The van der Waals surface area contributed by atoms with E-state index in [1.54, 1.807) is 48.5 Å². The van der Waals surface area contributed by atoms with Crippen LogP contribution in [0.25, 0.3) is 0 Å². The topological polar surface area (TPSA) is 104 Å². The van der Waals surface area contributed by atoms with Crippen molar-refractivity contribution in [1.29, 1.82) is 0 Å². The molecule has 2 aromatic carbocycles. The van der Waals surface area contributed by atoms with E-state index < -0.39 is 0 Å². The molecule has 7 nitrogen and oxygen atoms in total. The molecule has 0 saturated heterocycles. The highest BCUT2D eigenvalue weighted by Crippen LogP contribution is 2.15. The van der Waals surface area contributed by atoms with Gasteiger partial charge in [0.1, 0.15) is 5.75 Å². The van der Waals surface area contributed by atoms with Crippen molar-refractivity contribution in [3.05, 3.63) is 78.3 Å². The zero-order chi connectivity index (χ0) is 20.6. The summed E-state index contributed by atoms with van der Waals surface area (Å²) in [5, 5.41) is 17.7. The van der Waals surface area contributed by atoms with Gasteiger partial charge in [-0.2, -0.15) is 0 Å². The number of nitrogens with one attached hydrogen (secondary N) is 3. The number of carbonyl (C=O) groups is 2. The summed E-state index contributed by atoms with van der Waals surface area (Å²) in [6.45, 7) is 1.94. The highest BCUT2D eigenvalue weighted by Gasteiger charge is 2.10. The first kappa shape index (κ1) is 20.0. The van der Waals surface area contributed by atoms with E-state index >= 15 is 0 Å². The highest BCUT2D eigenvalue weighted by atomic mass is 16.3. The Balaban J connectivity index is 1.43. The van der Waals surface area contributed by atoms with Crippen molar-refractivity contribution in [1.82, 2.24) is 5.32 Å². The van der Waals surface area contributed by atoms with Crippen molar-refractivity contribution >= 4 is 23.3 Å². The fraction of sp³-hybridized carbons (Fsp3) is 0.182. The van der Waals surface area contributed by atoms with Gasteiger partial charge in [0.25, 0.3) is 5.91 Å². The van der Waals surface area contributed by atoms with Crippen molar-refractivity contribution in [3.63, 3.8) is 0 Å². The first-order valence-electron chi connectivity index (χ1n) is 9.30. The molecule has 0 radical (unpaired) electrons. The second kappa shape index (κ2) is 9.45. The monoisotopic (exact) mass is 393 g/mol. The van der Waals surface area contributed by atoms with Crippen LogP contribution in [0, 0.1) is 0 Å². The minimum Gasteiger partial charge on any atom is -0.508 e. The number of urea groups is 1. The summed E-state index contributed by atoms with van der Waals surface area (Å²) in [4.78, 5) is 24.1. The minimum atomic E-state index is -0.337. The van der Waals surface area contributed by atoms with Crippen LogP contribution in [-0.2, 0) is 6.42 Å². The van der Waals surface area contributed by atoms with Gasteiger partial charge in [-0.25, -0.2) is 4.79 Å². The maximum atomic E-state index is 12.2. The van der Waals surface area contributed by atoms with Gasteiger partial charge in [0.2, 0.25) is 0 Å². The maximum Gasteiger partial charge on any atom is 0.319 e. The smallest absolute Gasteiger partial charge is 0.319 e. The molecule has 0 aliphatic rings. The van der Waals surface area contributed by atoms with Crippen LogP contribution in [0.4, 0.5) is 16.2 Å². The third-order valence-corrected chi connectivity index (χ3v) is 4.33. The number of aromatic hydroxyl groups is 1. The number of phenols is 1. The summed E-state index contributed by atoms with van der Waals surface area (Å²) in [6.07, 6.45) is 3.01. The number of benzene rings is 2. The fourth-order valence-electron chi connectivity index (χ4n) is 2.75. The summed E-state index contributed by atoms with van der Waals surface area (Å²) in [7, 11) is 0. The Labute approximate surface area is 168 Å². The molecular formula is C22H23N3O4. The van der Waals surface area contributed by atoms with E-state index in [-0.39, 0.29) is 29.5 Å². The predicted octanol–water partition coefficient (Wildman–Crippen LogP) is 4.38. The van der Waals surface area contributed by atoms with Crippen molar-refractivity contribution in [2.24, 2.45) is 0 Å². The van der Waals surface area contributed by atoms with Gasteiger partial charge in [-0.05, 0) is 73.9 Å². The Morgan fingerprint density at radius 3 is 2.24 bits per heavy atom. The number of furan rings is 1. The van der Waals surface area contributed by atoms with Crippen molar-refractivity contribution in [3.8, 4) is 5.75 Å². The molecule has 1 aromatic heterocycles. The molecule has 0 unspecified atom stereocenters. The Hall–Kier alpha value is -3.74. The van der Waals surface area contributed by atoms with E-state index in [0.717, 1.165) is 18.4 Å². The molecule has 1 atom stereocenters. The zero-order valence-electron chi connectivity index (χ0n) is 16.0. The quantitative estimate of drug-likeness (QED) is 0.478. The van der Waals surface area contributed by atoms with E-state index in [1.165, 1.54) is 6.26 Å². The first-order valence-corrected chi connectivity index (χ1v) is 9.30. The number of anilines is 2. The summed E-state index contributed by atoms with van der Waals surface area (Å²) in [6, 6.07) is 16.8. The Bertz CT molecular complexity index is 935. The second-order valence-corrected chi connectivity index (χ2v) is 6.71. The normalized spacial score (nSPS) is 11.5. The van der Waals surface area contributed by atoms with E-state index in [4.69, 9.17) is 4.42 Å². The zero-order valence-corrected chi connectivity index (χ0v) is 16.0. The van der Waals surface area contributed by atoms with E-state index in [1.807, 2.05) is 19.1 Å². The van der Waals surface area contributed by atoms with Crippen molar-refractivity contribution in [2.45, 2.75) is 25.8 Å². The van der Waals surface area contributed by atoms with E-state index in [0.29, 0.717) is 11.4 Å². The number of rotatable bonds is 7. The summed E-state index contributed by atoms with van der Waals surface area (Å²) in [5.74, 6) is 0.134. The number of aryl methyl sites for hydroxylation is 1. The number of hydrogen-bond donors (Lipinski definition) is 4. The highest BCUT2D eigenvalue weighted by molar-refractivity contribution is 6.02. The summed E-state index contributed by atoms with van der Waals surface area (Å²) in [5.41, 5.74) is 2.31. The lowest BCUT2D eigenvalue weighted by Crippen LogP contribution is -2.36. The molecular weight excluding hydrogens is 370 g/mol. The molecule has 0 spiro atoms. The Morgan fingerprint density at radius 2 is 1.62 bits per heavy atom. The standard InChI is InChI=1S/C22H23N3O4/c1-15(4-5-16-6-12-19(26)13-7-16)23-22(28)25-18-10-8-17(9-11-18)24-21(27)20-3-2-14-29-20/h2-3,6-15,26H,4-5H2,1H3,(H,24,27)(H2,23,25,28)/t15-/m1/s1. The molecule has 29 heavy (non-hydrogen) atoms. The van der Waals surface area contributed by atoms with Crippen LogP contribution in [0.3, 0.4) is 0 Å². The lowest BCUT2D eigenvalue weighted by Gasteiger charge is -2.15. The van der Waals surface area contributed by atoms with Gasteiger partial charge < -0.3 is 25.5 Å². The average Bonchev–Trinajstić information content (AvgIpc) is 3.24. The summed E-state index contributed by atoms with van der Waals surface area (Å²) >= 11 is 0. The molecule has 0 aliphatic heterocycles. The molecule has 4 N–H and O–H groups in total. The molecule has 0 aliphatic carbocycles. The second-order valence-electron chi connectivity index (χ2n) is 6.71. The largest absolute Gasteiger partial charge is 0.508 e. The SMILES string of the molecule is C[C@H](CCc1ccc(O)cc1)NC(=O)Nc1ccc(NC(=O)c2ccco2)cc1. The van der Waals surface area contributed by atoms with E-state index in [9.17, 15) is 14.7 Å². The van der Waals surface area contributed by atoms with Crippen LogP contribution in [-0.4, -0.2) is 23.1 Å². The molecule has 0 bridgehead atoms. The van der Waals surface area contributed by atoms with Crippen LogP contribution < -0.4 is 16.0 Å². The number of carbonyl (C=O) groups excluding carboxylic acids is 2. The van der Waals surface area contributed by atoms with Crippen LogP contribution >= 0.6 is 0 Å². The Morgan fingerprint density at radius 1 is 0.966 bits per heavy atom. The van der Waals surface area contributed by atoms with Gasteiger partial charge in [-0.1, -0.05) is 12.1 Å². The third-order valence-electron chi connectivity index (χ3n) is 4.33. The fourth-order valence-corrected chi connectivity index (χ4v) is 2.75. The minimum absolute atomic E-state index is 0.0179. The maximum absolute atomic E-state index is 12.2.